The molecule has 0 unspecified atom stereocenters. The fourth-order valence-electron chi connectivity index (χ4n) is 3.13. The van der Waals surface area contributed by atoms with Gasteiger partial charge in [-0.05, 0) is 32.3 Å². The molecule has 5 nitrogen and oxygen atoms in total. The first kappa shape index (κ1) is 17.5. The number of fused-ring (bicyclic) bond motifs is 1. The number of thioether (sulfide) groups is 1. The van der Waals surface area contributed by atoms with Crippen molar-refractivity contribution < 1.29 is 4.79 Å². The molecule has 0 saturated heterocycles. The van der Waals surface area contributed by atoms with E-state index in [1.807, 2.05) is 18.4 Å². The van der Waals surface area contributed by atoms with Gasteiger partial charge in [-0.15, -0.1) is 11.3 Å². The van der Waals surface area contributed by atoms with Gasteiger partial charge in [-0.1, -0.05) is 24.6 Å². The van der Waals surface area contributed by atoms with Crippen molar-refractivity contribution in [2.24, 2.45) is 0 Å². The predicted molar refractivity (Wildman–Crippen MR) is 100 cm³/mol. The Morgan fingerprint density at radius 2 is 2.00 bits per heavy atom. The van der Waals surface area contributed by atoms with Crippen molar-refractivity contribution in [3.8, 4) is 0 Å². The molecule has 7 heteroatoms. The summed E-state index contributed by atoms with van der Waals surface area (Å²) < 4.78 is 1.86. The van der Waals surface area contributed by atoms with Crippen LogP contribution >= 0.6 is 23.1 Å². The minimum absolute atomic E-state index is 0.0332. The van der Waals surface area contributed by atoms with Crippen LogP contribution in [0.25, 0.3) is 10.2 Å². The fraction of sp³-hybridized carbons (Fsp3) is 0.588. The Morgan fingerprint density at radius 3 is 2.62 bits per heavy atom. The summed E-state index contributed by atoms with van der Waals surface area (Å²) in [6.45, 7) is 4.03. The van der Waals surface area contributed by atoms with Gasteiger partial charge in [-0.25, -0.2) is 4.98 Å². The van der Waals surface area contributed by atoms with Gasteiger partial charge in [0.25, 0.3) is 5.56 Å². The van der Waals surface area contributed by atoms with Gasteiger partial charge in [0, 0.05) is 25.0 Å². The summed E-state index contributed by atoms with van der Waals surface area (Å²) in [6.07, 6.45) is 4.34. The van der Waals surface area contributed by atoms with Crippen molar-refractivity contribution >= 4 is 39.2 Å². The molecule has 0 aliphatic heterocycles. The highest BCUT2D eigenvalue weighted by Gasteiger charge is 2.25. The Balaban J connectivity index is 2.09. The first-order chi connectivity index (χ1) is 11.4. The Labute approximate surface area is 150 Å². The Hall–Kier alpha value is -1.34. The number of carbonyl (C=O) groups excluding carboxylic acids is 1. The second kappa shape index (κ2) is 6.88. The Bertz CT molecular complexity index is 832. The first-order valence-corrected chi connectivity index (χ1v) is 10.1. The van der Waals surface area contributed by atoms with Crippen molar-refractivity contribution in [1.29, 1.82) is 0 Å². The van der Waals surface area contributed by atoms with Crippen molar-refractivity contribution in [2.75, 3.05) is 19.8 Å². The zero-order chi connectivity index (χ0) is 17.4. The van der Waals surface area contributed by atoms with E-state index in [2.05, 4.69) is 0 Å². The van der Waals surface area contributed by atoms with E-state index < -0.39 is 0 Å². The van der Waals surface area contributed by atoms with Crippen molar-refractivity contribution in [3.63, 3.8) is 0 Å². The average Bonchev–Trinajstić information content (AvgIpc) is 3.14. The lowest BCUT2D eigenvalue weighted by molar-refractivity contribution is -0.125. The molecule has 2 heterocycles. The monoisotopic (exact) mass is 365 g/mol. The van der Waals surface area contributed by atoms with Crippen LogP contribution in [-0.2, 0) is 4.79 Å². The van der Waals surface area contributed by atoms with E-state index in [9.17, 15) is 9.59 Å². The summed E-state index contributed by atoms with van der Waals surface area (Å²) in [5, 5.41) is 1.45. The fourth-order valence-corrected chi connectivity index (χ4v) is 5.24. The quantitative estimate of drug-likeness (QED) is 0.616. The van der Waals surface area contributed by atoms with Crippen LogP contribution in [0.15, 0.2) is 9.95 Å². The summed E-state index contributed by atoms with van der Waals surface area (Å²) >= 11 is 2.95. The summed E-state index contributed by atoms with van der Waals surface area (Å²) in [7, 11) is 3.49. The molecule has 1 amide bonds. The van der Waals surface area contributed by atoms with Gasteiger partial charge in [-0.2, -0.15) is 0 Å². The number of aromatic nitrogens is 2. The molecule has 3 rings (SSSR count). The topological polar surface area (TPSA) is 55.2 Å². The van der Waals surface area contributed by atoms with E-state index in [0.717, 1.165) is 46.3 Å². The first-order valence-electron chi connectivity index (χ1n) is 8.25. The third-order valence-corrected chi connectivity index (χ3v) is 6.75. The van der Waals surface area contributed by atoms with Gasteiger partial charge >= 0.3 is 0 Å². The third-order valence-electron chi connectivity index (χ3n) is 4.72. The largest absolute Gasteiger partial charge is 0.348 e. The van der Waals surface area contributed by atoms with Crippen LogP contribution in [0.5, 0.6) is 0 Å². The summed E-state index contributed by atoms with van der Waals surface area (Å²) in [4.78, 5) is 33.4. The van der Waals surface area contributed by atoms with Crippen LogP contribution in [0.4, 0.5) is 0 Å². The average molecular weight is 366 g/mol. The zero-order valence-corrected chi connectivity index (χ0v) is 16.2. The summed E-state index contributed by atoms with van der Waals surface area (Å²) in [5.41, 5.74) is 1.11. The lowest BCUT2D eigenvalue weighted by atomic mass is 10.2. The smallest absolute Gasteiger partial charge is 0.263 e. The molecule has 0 N–H and O–H groups in total. The molecule has 2 aromatic rings. The molecule has 1 fully saturated rings. The van der Waals surface area contributed by atoms with Gasteiger partial charge in [0.1, 0.15) is 4.83 Å². The number of rotatable bonds is 4. The van der Waals surface area contributed by atoms with E-state index >= 15 is 0 Å². The van der Waals surface area contributed by atoms with E-state index in [1.165, 1.54) is 11.8 Å². The van der Waals surface area contributed by atoms with Gasteiger partial charge in [0.15, 0.2) is 5.16 Å². The van der Waals surface area contributed by atoms with Crippen LogP contribution in [-0.4, -0.2) is 40.2 Å². The molecule has 0 aromatic carbocycles. The molecule has 130 valence electrons. The number of amides is 1. The molecule has 0 bridgehead atoms. The normalized spacial score (nSPS) is 15.3. The van der Waals surface area contributed by atoms with E-state index in [-0.39, 0.29) is 17.5 Å². The molecule has 1 saturated carbocycles. The SMILES string of the molecule is Cc1sc2nc(SCC(=O)N(C)C)n(C3CCCC3)c(=O)c2c1C. The Kier molecular flexibility index (Phi) is 5.01. The molecule has 0 radical (unpaired) electrons. The van der Waals surface area contributed by atoms with Gasteiger partial charge in [0.05, 0.1) is 11.1 Å². The maximum absolute atomic E-state index is 13.2. The van der Waals surface area contributed by atoms with Crippen LogP contribution in [0.2, 0.25) is 0 Å². The molecule has 24 heavy (non-hydrogen) atoms. The molecular formula is C17H23N3O2S2. The minimum atomic E-state index is 0.0332. The molecule has 2 aromatic heterocycles. The molecule has 1 aliphatic carbocycles. The highest BCUT2D eigenvalue weighted by molar-refractivity contribution is 7.99. The number of hydrogen-bond donors (Lipinski definition) is 0. The van der Waals surface area contributed by atoms with Gasteiger partial charge < -0.3 is 4.90 Å². The van der Waals surface area contributed by atoms with Gasteiger partial charge in [0.2, 0.25) is 5.91 Å². The minimum Gasteiger partial charge on any atom is -0.348 e. The summed E-state index contributed by atoms with van der Waals surface area (Å²) in [6, 6.07) is 0.214. The maximum atomic E-state index is 13.2. The van der Waals surface area contributed by atoms with Crippen LogP contribution in [0, 0.1) is 13.8 Å². The van der Waals surface area contributed by atoms with E-state index in [4.69, 9.17) is 4.98 Å². The van der Waals surface area contributed by atoms with Crippen LogP contribution < -0.4 is 5.56 Å². The van der Waals surface area contributed by atoms with Crippen molar-refractivity contribution in [3.05, 3.63) is 20.8 Å². The molecule has 0 spiro atoms. The highest BCUT2D eigenvalue weighted by Crippen LogP contribution is 2.34. The number of aryl methyl sites for hydroxylation is 2. The Morgan fingerprint density at radius 1 is 1.33 bits per heavy atom. The predicted octanol–water partition coefficient (Wildman–Crippen LogP) is 3.37. The van der Waals surface area contributed by atoms with E-state index in [1.54, 1.807) is 30.3 Å². The second-order valence-corrected chi connectivity index (χ2v) is 8.69. The lowest BCUT2D eigenvalue weighted by Crippen LogP contribution is -2.28. The van der Waals surface area contributed by atoms with Crippen molar-refractivity contribution in [1.82, 2.24) is 14.5 Å². The lowest BCUT2D eigenvalue weighted by Gasteiger charge is -2.18. The second-order valence-electron chi connectivity index (χ2n) is 6.55. The molecular weight excluding hydrogens is 342 g/mol. The highest BCUT2D eigenvalue weighted by atomic mass is 32.2. The number of thiophene rings is 1. The van der Waals surface area contributed by atoms with E-state index in [0.29, 0.717) is 10.9 Å². The standard InChI is InChI=1S/C17H23N3O2S2/c1-10-11(2)24-15-14(10)16(22)20(12-7-5-6-8-12)17(18-15)23-9-13(21)19(3)4/h12H,5-9H2,1-4H3. The molecule has 0 atom stereocenters. The van der Waals surface area contributed by atoms with Gasteiger partial charge in [-0.3, -0.25) is 14.2 Å². The van der Waals surface area contributed by atoms with Crippen LogP contribution in [0.3, 0.4) is 0 Å². The number of carbonyl (C=O) groups is 1. The summed E-state index contributed by atoms with van der Waals surface area (Å²) in [5.74, 6) is 0.340. The zero-order valence-electron chi connectivity index (χ0n) is 14.6. The van der Waals surface area contributed by atoms with Crippen LogP contribution in [0.1, 0.15) is 42.2 Å². The molecule has 1 aliphatic rings. The van der Waals surface area contributed by atoms with Crippen molar-refractivity contribution in [2.45, 2.75) is 50.7 Å². The third kappa shape index (κ3) is 3.11. The number of nitrogens with zero attached hydrogens (tertiary/aromatic N) is 3. The number of hydrogen-bond acceptors (Lipinski definition) is 5. The maximum Gasteiger partial charge on any atom is 0.263 e.